The van der Waals surface area contributed by atoms with Gasteiger partial charge in [0.1, 0.15) is 11.5 Å². The minimum absolute atomic E-state index is 0.145. The van der Waals surface area contributed by atoms with Crippen LogP contribution in [0.2, 0.25) is 0 Å². The van der Waals surface area contributed by atoms with Crippen LogP contribution in [0, 0.1) is 15.9 Å². The number of thiocarbonyl (C=S) groups is 1. The van der Waals surface area contributed by atoms with Crippen molar-refractivity contribution in [3.8, 4) is 0 Å². The van der Waals surface area contributed by atoms with Crippen LogP contribution in [0.1, 0.15) is 5.56 Å². The van der Waals surface area contributed by atoms with E-state index < -0.39 is 10.7 Å². The van der Waals surface area contributed by atoms with Gasteiger partial charge in [-0.1, -0.05) is 30.3 Å². The molecule has 5 nitrogen and oxygen atoms in total. The van der Waals surface area contributed by atoms with E-state index in [1.165, 1.54) is 6.07 Å². The van der Waals surface area contributed by atoms with Gasteiger partial charge in [-0.15, -0.1) is 0 Å². The number of hydrogen-bond acceptors (Lipinski definition) is 3. The number of rotatable bonds is 4. The average Bonchev–Trinajstić information content (AvgIpc) is 2.48. The highest BCUT2D eigenvalue weighted by Gasteiger charge is 2.15. The van der Waals surface area contributed by atoms with Gasteiger partial charge in [0.2, 0.25) is 0 Å². The summed E-state index contributed by atoms with van der Waals surface area (Å²) in [4.78, 5) is 10.2. The lowest BCUT2D eigenvalue weighted by Crippen LogP contribution is -2.28. The first-order chi connectivity index (χ1) is 10.1. The van der Waals surface area contributed by atoms with E-state index in [9.17, 15) is 14.5 Å². The molecule has 0 bridgehead atoms. The smallest absolute Gasteiger partial charge is 0.295 e. The maximum Gasteiger partial charge on any atom is 0.295 e. The Morgan fingerprint density at radius 3 is 2.62 bits per heavy atom. The zero-order chi connectivity index (χ0) is 15.2. The van der Waals surface area contributed by atoms with Crippen molar-refractivity contribution >= 4 is 28.7 Å². The van der Waals surface area contributed by atoms with Gasteiger partial charge in [0.05, 0.1) is 11.0 Å². The molecule has 2 N–H and O–H groups in total. The van der Waals surface area contributed by atoms with Gasteiger partial charge < -0.3 is 10.6 Å². The van der Waals surface area contributed by atoms with Gasteiger partial charge in [0, 0.05) is 6.54 Å². The molecule has 0 fully saturated rings. The number of nitrogens with zero attached hydrogens (tertiary/aromatic N) is 1. The number of nitrogens with one attached hydrogen (secondary N) is 2. The third-order valence-corrected chi connectivity index (χ3v) is 2.95. The molecule has 2 rings (SSSR count). The molecule has 0 amide bonds. The standard InChI is InChI=1S/C14H12FN3O2S/c15-11-6-7-12(13(8-11)18(19)20)17-14(21)16-9-10-4-2-1-3-5-10/h1-8H,9H2,(H2,16,17,21). The van der Waals surface area contributed by atoms with Gasteiger partial charge in [0.15, 0.2) is 5.11 Å². The van der Waals surface area contributed by atoms with Crippen LogP contribution in [0.4, 0.5) is 15.8 Å². The zero-order valence-corrected chi connectivity index (χ0v) is 11.7. The van der Waals surface area contributed by atoms with Gasteiger partial charge in [-0.05, 0) is 29.9 Å². The molecule has 0 aromatic heterocycles. The molecule has 2 aromatic carbocycles. The van der Waals surface area contributed by atoms with Gasteiger partial charge in [0.25, 0.3) is 5.69 Å². The molecule has 0 aliphatic heterocycles. The second kappa shape index (κ2) is 6.76. The van der Waals surface area contributed by atoms with E-state index in [-0.39, 0.29) is 16.5 Å². The number of benzene rings is 2. The van der Waals surface area contributed by atoms with E-state index in [0.29, 0.717) is 6.54 Å². The van der Waals surface area contributed by atoms with Crippen LogP contribution in [0.15, 0.2) is 48.5 Å². The Balaban J connectivity index is 2.01. The molecule has 7 heteroatoms. The predicted octanol–water partition coefficient (Wildman–Crippen LogP) is 3.22. The van der Waals surface area contributed by atoms with Crippen LogP contribution in [0.3, 0.4) is 0 Å². The van der Waals surface area contributed by atoms with Gasteiger partial charge >= 0.3 is 0 Å². The summed E-state index contributed by atoms with van der Waals surface area (Å²) in [5, 5.41) is 16.7. The molecule has 0 heterocycles. The van der Waals surface area contributed by atoms with Crippen molar-refractivity contribution in [2.75, 3.05) is 5.32 Å². The molecule has 108 valence electrons. The van der Waals surface area contributed by atoms with Crippen LogP contribution in [-0.4, -0.2) is 10.0 Å². The largest absolute Gasteiger partial charge is 0.358 e. The van der Waals surface area contributed by atoms with Gasteiger partial charge in [-0.3, -0.25) is 10.1 Å². The van der Waals surface area contributed by atoms with E-state index in [4.69, 9.17) is 12.2 Å². The van der Waals surface area contributed by atoms with Crippen molar-refractivity contribution in [3.05, 3.63) is 70.0 Å². The fourth-order valence-electron chi connectivity index (χ4n) is 1.71. The summed E-state index contributed by atoms with van der Waals surface area (Å²) in [6.45, 7) is 0.488. The Bertz CT molecular complexity index is 665. The number of anilines is 1. The minimum atomic E-state index is -0.671. The maximum atomic E-state index is 13.0. The molecule has 0 saturated carbocycles. The monoisotopic (exact) mass is 305 g/mol. The molecule has 0 spiro atoms. The number of halogens is 1. The average molecular weight is 305 g/mol. The van der Waals surface area contributed by atoms with Gasteiger partial charge in [-0.25, -0.2) is 4.39 Å². The van der Waals surface area contributed by atoms with Crippen molar-refractivity contribution in [1.29, 1.82) is 0 Å². The number of nitro groups is 1. The molecule has 0 unspecified atom stereocenters. The molecule has 2 aromatic rings. The lowest BCUT2D eigenvalue weighted by Gasteiger charge is -2.10. The Kier molecular flexibility index (Phi) is 4.78. The minimum Gasteiger partial charge on any atom is -0.358 e. The van der Waals surface area contributed by atoms with E-state index >= 15 is 0 Å². The second-order valence-corrected chi connectivity index (χ2v) is 4.62. The first kappa shape index (κ1) is 14.9. The molecule has 0 atom stereocenters. The molecular formula is C14H12FN3O2S. The number of hydrogen-bond donors (Lipinski definition) is 2. The lowest BCUT2D eigenvalue weighted by atomic mass is 10.2. The Morgan fingerprint density at radius 1 is 1.24 bits per heavy atom. The molecular weight excluding hydrogens is 293 g/mol. The van der Waals surface area contributed by atoms with Crippen LogP contribution < -0.4 is 10.6 Å². The van der Waals surface area contributed by atoms with Crippen LogP contribution in [0.5, 0.6) is 0 Å². The van der Waals surface area contributed by atoms with E-state index in [1.807, 2.05) is 30.3 Å². The summed E-state index contributed by atoms with van der Waals surface area (Å²) >= 11 is 5.08. The Hall–Kier alpha value is -2.54. The molecule has 0 radical (unpaired) electrons. The van der Waals surface area contributed by atoms with Crippen molar-refractivity contribution in [2.24, 2.45) is 0 Å². The maximum absolute atomic E-state index is 13.0. The number of nitro benzene ring substituents is 1. The highest BCUT2D eigenvalue weighted by molar-refractivity contribution is 7.80. The topological polar surface area (TPSA) is 67.2 Å². The molecule has 0 aliphatic carbocycles. The van der Waals surface area contributed by atoms with Crippen LogP contribution in [0.25, 0.3) is 0 Å². The Morgan fingerprint density at radius 2 is 1.95 bits per heavy atom. The normalized spacial score (nSPS) is 9.95. The second-order valence-electron chi connectivity index (χ2n) is 4.21. The fraction of sp³-hybridized carbons (Fsp3) is 0.0714. The SMILES string of the molecule is O=[N+]([O-])c1cc(F)ccc1NC(=S)NCc1ccccc1. The zero-order valence-electron chi connectivity index (χ0n) is 10.9. The van der Waals surface area contributed by atoms with E-state index in [1.54, 1.807) is 0 Å². The van der Waals surface area contributed by atoms with Crippen molar-refractivity contribution in [1.82, 2.24) is 5.32 Å². The lowest BCUT2D eigenvalue weighted by molar-refractivity contribution is -0.384. The summed E-state index contributed by atoms with van der Waals surface area (Å²) in [5.74, 6) is -0.671. The van der Waals surface area contributed by atoms with Crippen LogP contribution in [-0.2, 0) is 6.54 Å². The summed E-state index contributed by atoms with van der Waals surface area (Å²) in [6.07, 6.45) is 0. The van der Waals surface area contributed by atoms with Crippen molar-refractivity contribution in [3.63, 3.8) is 0 Å². The summed E-state index contributed by atoms with van der Waals surface area (Å²) in [5.41, 5.74) is 0.807. The molecule has 0 aliphatic rings. The fourth-order valence-corrected chi connectivity index (χ4v) is 1.89. The summed E-state index contributed by atoms with van der Waals surface area (Å²) in [6, 6.07) is 12.8. The van der Waals surface area contributed by atoms with E-state index in [2.05, 4.69) is 10.6 Å². The predicted molar refractivity (Wildman–Crippen MR) is 82.6 cm³/mol. The first-order valence-corrected chi connectivity index (χ1v) is 6.50. The van der Waals surface area contributed by atoms with Gasteiger partial charge in [-0.2, -0.15) is 0 Å². The van der Waals surface area contributed by atoms with Crippen molar-refractivity contribution in [2.45, 2.75) is 6.54 Å². The first-order valence-electron chi connectivity index (χ1n) is 6.09. The Labute approximate surface area is 125 Å². The summed E-state index contributed by atoms with van der Waals surface area (Å²) < 4.78 is 13.0. The third kappa shape index (κ3) is 4.22. The quantitative estimate of drug-likeness (QED) is 0.516. The third-order valence-electron chi connectivity index (χ3n) is 2.70. The molecule has 21 heavy (non-hydrogen) atoms. The summed E-state index contributed by atoms with van der Waals surface area (Å²) in [7, 11) is 0. The highest BCUT2D eigenvalue weighted by atomic mass is 32.1. The molecule has 0 saturated heterocycles. The van der Waals surface area contributed by atoms with E-state index in [0.717, 1.165) is 17.7 Å². The highest BCUT2D eigenvalue weighted by Crippen LogP contribution is 2.24. The van der Waals surface area contributed by atoms with Crippen LogP contribution >= 0.6 is 12.2 Å². The van der Waals surface area contributed by atoms with Crippen molar-refractivity contribution < 1.29 is 9.31 Å².